The lowest BCUT2D eigenvalue weighted by atomic mass is 10.1. The molecule has 7 heteroatoms. The first-order valence-electron chi connectivity index (χ1n) is 9.12. The van der Waals surface area contributed by atoms with Gasteiger partial charge < -0.3 is 14.6 Å². The van der Waals surface area contributed by atoms with Gasteiger partial charge in [-0.1, -0.05) is 17.7 Å². The summed E-state index contributed by atoms with van der Waals surface area (Å²) in [6.45, 7) is 4.03. The summed E-state index contributed by atoms with van der Waals surface area (Å²) in [5, 5.41) is 0.480. The maximum atomic E-state index is 13.3. The van der Waals surface area contributed by atoms with Crippen molar-refractivity contribution in [2.45, 2.75) is 13.8 Å². The molecule has 1 aliphatic rings. The Morgan fingerprint density at radius 3 is 2.38 bits per heavy atom. The van der Waals surface area contributed by atoms with Crippen LogP contribution in [0.1, 0.15) is 21.6 Å². The first-order valence-corrected chi connectivity index (χ1v) is 9.50. The molecule has 0 radical (unpaired) electrons. The Balaban J connectivity index is 1.91. The molecule has 0 spiro atoms. The molecule has 0 saturated heterocycles. The minimum absolute atomic E-state index is 0.181. The molecule has 3 aromatic rings. The average molecular weight is 410 g/mol. The number of amides is 1. The predicted octanol–water partition coefficient (Wildman–Crippen LogP) is 4.41. The van der Waals surface area contributed by atoms with E-state index in [2.05, 4.69) is 4.98 Å². The van der Waals surface area contributed by atoms with Crippen LogP contribution in [-0.2, 0) is 0 Å². The van der Waals surface area contributed by atoms with Crippen molar-refractivity contribution in [3.8, 4) is 5.75 Å². The number of hydrogen-bond donors (Lipinski definition) is 1. The van der Waals surface area contributed by atoms with Crippen LogP contribution in [0.25, 0.3) is 0 Å². The fourth-order valence-electron chi connectivity index (χ4n) is 3.60. The van der Waals surface area contributed by atoms with Gasteiger partial charge in [-0.05, 0) is 55.8 Å². The van der Waals surface area contributed by atoms with Crippen LogP contribution in [0.5, 0.6) is 5.75 Å². The summed E-state index contributed by atoms with van der Waals surface area (Å²) in [5.74, 6) is 0.526. The van der Waals surface area contributed by atoms with Gasteiger partial charge in [0.15, 0.2) is 0 Å². The lowest BCUT2D eigenvalue weighted by Gasteiger charge is -2.39. The monoisotopic (exact) mass is 409 g/mol. The van der Waals surface area contributed by atoms with E-state index in [0.717, 1.165) is 16.9 Å². The van der Waals surface area contributed by atoms with Crippen LogP contribution in [0.4, 0.5) is 17.1 Å². The summed E-state index contributed by atoms with van der Waals surface area (Å²) in [6.07, 6.45) is 0. The molecule has 0 aliphatic carbocycles. The van der Waals surface area contributed by atoms with Crippen LogP contribution in [-0.4, -0.2) is 24.7 Å². The SMILES string of the molecule is COc1cc(C)ccc1N1CN(c2ccc(=O)[nH]c2C)C(=O)c2cc(Cl)ccc21. The summed E-state index contributed by atoms with van der Waals surface area (Å²) in [7, 11) is 1.62. The topological polar surface area (TPSA) is 65.6 Å². The van der Waals surface area contributed by atoms with Crippen molar-refractivity contribution >= 4 is 34.6 Å². The van der Waals surface area contributed by atoms with Crippen molar-refractivity contribution in [2.24, 2.45) is 0 Å². The van der Waals surface area contributed by atoms with E-state index in [1.807, 2.05) is 36.1 Å². The predicted molar refractivity (Wildman–Crippen MR) is 115 cm³/mol. The first-order chi connectivity index (χ1) is 13.9. The number of ether oxygens (including phenoxy) is 1. The van der Waals surface area contributed by atoms with E-state index in [0.29, 0.717) is 27.7 Å². The molecule has 6 nitrogen and oxygen atoms in total. The Morgan fingerprint density at radius 2 is 1.66 bits per heavy atom. The van der Waals surface area contributed by atoms with E-state index in [1.54, 1.807) is 37.1 Å². The molecule has 4 rings (SSSR count). The minimum Gasteiger partial charge on any atom is -0.495 e. The van der Waals surface area contributed by atoms with E-state index in [-0.39, 0.29) is 18.1 Å². The number of carbonyl (C=O) groups is 1. The molecule has 0 fully saturated rings. The molecule has 0 bridgehead atoms. The Morgan fingerprint density at radius 1 is 0.931 bits per heavy atom. The molecule has 2 aromatic carbocycles. The van der Waals surface area contributed by atoms with Gasteiger partial charge in [0.1, 0.15) is 12.4 Å². The number of aromatic amines is 1. The van der Waals surface area contributed by atoms with Gasteiger partial charge in [-0.25, -0.2) is 0 Å². The molecule has 0 saturated carbocycles. The zero-order valence-electron chi connectivity index (χ0n) is 16.3. The van der Waals surface area contributed by atoms with Crippen molar-refractivity contribution < 1.29 is 9.53 Å². The van der Waals surface area contributed by atoms with Crippen LogP contribution in [0, 0.1) is 13.8 Å². The van der Waals surface area contributed by atoms with Gasteiger partial charge in [-0.3, -0.25) is 14.5 Å². The number of anilines is 3. The highest BCUT2D eigenvalue weighted by Gasteiger charge is 2.33. The maximum absolute atomic E-state index is 13.3. The second-order valence-corrected chi connectivity index (χ2v) is 7.41. The number of rotatable bonds is 3. The third kappa shape index (κ3) is 3.36. The average Bonchev–Trinajstić information content (AvgIpc) is 2.69. The Kier molecular flexibility index (Phi) is 4.80. The molecule has 148 valence electrons. The molecule has 1 aliphatic heterocycles. The highest BCUT2D eigenvalue weighted by molar-refractivity contribution is 6.31. The van der Waals surface area contributed by atoms with E-state index in [1.165, 1.54) is 6.07 Å². The number of methoxy groups -OCH3 is 1. The Bertz CT molecular complexity index is 1170. The van der Waals surface area contributed by atoms with E-state index in [4.69, 9.17) is 16.3 Å². The van der Waals surface area contributed by atoms with Crippen molar-refractivity contribution in [1.29, 1.82) is 0 Å². The molecule has 1 amide bonds. The molecule has 1 aromatic heterocycles. The summed E-state index contributed by atoms with van der Waals surface area (Å²) in [6, 6.07) is 14.3. The molecule has 2 heterocycles. The van der Waals surface area contributed by atoms with Crippen molar-refractivity contribution in [3.05, 3.63) is 80.7 Å². The summed E-state index contributed by atoms with van der Waals surface area (Å²) in [4.78, 5) is 31.4. The summed E-state index contributed by atoms with van der Waals surface area (Å²) >= 11 is 6.20. The number of carbonyl (C=O) groups excluding carboxylic acids is 1. The molecule has 29 heavy (non-hydrogen) atoms. The third-order valence-corrected chi connectivity index (χ3v) is 5.25. The fraction of sp³-hybridized carbons (Fsp3) is 0.182. The number of pyridine rings is 1. The number of halogens is 1. The highest BCUT2D eigenvalue weighted by atomic mass is 35.5. The van der Waals surface area contributed by atoms with E-state index < -0.39 is 0 Å². The van der Waals surface area contributed by atoms with Crippen LogP contribution in [0.3, 0.4) is 0 Å². The smallest absolute Gasteiger partial charge is 0.261 e. The van der Waals surface area contributed by atoms with Crippen LogP contribution in [0.15, 0.2) is 53.3 Å². The van der Waals surface area contributed by atoms with Gasteiger partial charge in [0.2, 0.25) is 5.56 Å². The number of aromatic nitrogens is 1. The molecule has 1 N–H and O–H groups in total. The van der Waals surface area contributed by atoms with Crippen molar-refractivity contribution in [2.75, 3.05) is 23.6 Å². The van der Waals surface area contributed by atoms with Gasteiger partial charge in [0.25, 0.3) is 5.91 Å². The number of benzene rings is 2. The highest BCUT2D eigenvalue weighted by Crippen LogP contribution is 2.41. The second-order valence-electron chi connectivity index (χ2n) is 6.97. The van der Waals surface area contributed by atoms with Crippen LogP contribution >= 0.6 is 11.6 Å². The van der Waals surface area contributed by atoms with Gasteiger partial charge in [-0.2, -0.15) is 0 Å². The molecule has 0 atom stereocenters. The van der Waals surface area contributed by atoms with Crippen molar-refractivity contribution in [3.63, 3.8) is 0 Å². The van der Waals surface area contributed by atoms with Gasteiger partial charge in [-0.15, -0.1) is 0 Å². The van der Waals surface area contributed by atoms with Gasteiger partial charge in [0.05, 0.1) is 29.7 Å². The number of hydrogen-bond acceptors (Lipinski definition) is 4. The zero-order valence-corrected chi connectivity index (χ0v) is 17.1. The summed E-state index contributed by atoms with van der Waals surface area (Å²) < 4.78 is 5.61. The number of aryl methyl sites for hydroxylation is 2. The number of fused-ring (bicyclic) bond motifs is 1. The second kappa shape index (κ2) is 7.29. The van der Waals surface area contributed by atoms with Crippen LogP contribution < -0.4 is 20.1 Å². The Labute approximate surface area is 173 Å². The summed E-state index contributed by atoms with van der Waals surface area (Å²) in [5.41, 5.74) is 4.18. The lowest BCUT2D eigenvalue weighted by Crippen LogP contribution is -2.45. The van der Waals surface area contributed by atoms with E-state index >= 15 is 0 Å². The van der Waals surface area contributed by atoms with E-state index in [9.17, 15) is 9.59 Å². The normalized spacial score (nSPS) is 13.4. The lowest BCUT2D eigenvalue weighted by molar-refractivity contribution is 0.0983. The molecule has 0 unspecified atom stereocenters. The third-order valence-electron chi connectivity index (χ3n) is 5.01. The first kappa shape index (κ1) is 19.1. The molecular formula is C22H20ClN3O3. The molecular weight excluding hydrogens is 390 g/mol. The number of nitrogens with zero attached hydrogens (tertiary/aromatic N) is 2. The standard InChI is InChI=1S/C22H20ClN3O3/c1-13-4-6-19(20(10-13)29-3)25-12-26(17-8-9-21(27)24-14(17)2)22(28)16-11-15(23)5-7-18(16)25/h4-11H,12H2,1-3H3,(H,24,27). The minimum atomic E-state index is -0.212. The number of nitrogens with one attached hydrogen (secondary N) is 1. The largest absolute Gasteiger partial charge is 0.495 e. The van der Waals surface area contributed by atoms with Gasteiger partial charge in [0, 0.05) is 16.8 Å². The van der Waals surface area contributed by atoms with Crippen molar-refractivity contribution in [1.82, 2.24) is 4.98 Å². The van der Waals surface area contributed by atoms with Crippen LogP contribution in [0.2, 0.25) is 5.02 Å². The Hall–Kier alpha value is -3.25. The number of H-pyrrole nitrogens is 1. The maximum Gasteiger partial charge on any atom is 0.261 e. The quantitative estimate of drug-likeness (QED) is 0.695. The zero-order chi connectivity index (χ0) is 20.7. The van der Waals surface area contributed by atoms with Gasteiger partial charge >= 0.3 is 0 Å². The fourth-order valence-corrected chi connectivity index (χ4v) is 3.78.